The molecular weight excluding hydrogens is 556 g/mol. The first-order valence-corrected chi connectivity index (χ1v) is 12.5. The molecule has 220 valence electrons. The van der Waals surface area contributed by atoms with Gasteiger partial charge in [-0.2, -0.15) is 41.3 Å². The third kappa shape index (κ3) is 8.35. The minimum Gasteiger partial charge on any atom is -0.454 e. The van der Waals surface area contributed by atoms with E-state index in [4.69, 9.17) is 0 Å². The van der Waals surface area contributed by atoms with E-state index in [1.165, 1.54) is 6.07 Å². The molecule has 3 aromatic rings. The highest BCUT2D eigenvalue weighted by atomic mass is 19.4. The topological polar surface area (TPSA) is 95.5 Å². The average Bonchev–Trinajstić information content (AvgIpc) is 2.91. The minimum absolute atomic E-state index is 0.0378. The lowest BCUT2D eigenvalue weighted by Crippen LogP contribution is -2.42. The van der Waals surface area contributed by atoms with Crippen molar-refractivity contribution in [2.24, 2.45) is 0 Å². The Kier molecular flexibility index (Phi) is 8.73. The van der Waals surface area contributed by atoms with E-state index in [-0.39, 0.29) is 29.5 Å². The molecule has 0 aliphatic carbocycles. The fourth-order valence-corrected chi connectivity index (χ4v) is 4.08. The predicted octanol–water partition coefficient (Wildman–Crippen LogP) is 5.36. The first-order valence-electron chi connectivity index (χ1n) is 12.5. The summed E-state index contributed by atoms with van der Waals surface area (Å²) >= 11 is 0. The normalized spacial score (nSPS) is 14.5. The molecule has 1 aromatic heterocycles. The van der Waals surface area contributed by atoms with Crippen molar-refractivity contribution in [3.05, 3.63) is 59.7 Å². The van der Waals surface area contributed by atoms with E-state index in [1.807, 2.05) is 31.1 Å². The summed E-state index contributed by atoms with van der Waals surface area (Å²) in [6.45, 7) is -0.858. The van der Waals surface area contributed by atoms with Crippen LogP contribution in [0, 0.1) is 0 Å². The smallest absolute Gasteiger partial charge is 0.422 e. The number of amides is 1. The maximum atomic E-state index is 13.1. The Morgan fingerprint density at radius 3 is 2.24 bits per heavy atom. The maximum Gasteiger partial charge on any atom is 0.422 e. The summed E-state index contributed by atoms with van der Waals surface area (Å²) in [6.07, 6.45) is -8.29. The molecule has 9 nitrogen and oxygen atoms in total. The van der Waals surface area contributed by atoms with Crippen LogP contribution in [-0.2, 0) is 6.18 Å². The van der Waals surface area contributed by atoms with E-state index in [0.717, 1.165) is 23.9 Å². The number of aromatic nitrogens is 3. The van der Waals surface area contributed by atoms with Gasteiger partial charge in [0.25, 0.3) is 5.91 Å². The first-order chi connectivity index (χ1) is 19.3. The number of piperidine rings is 1. The van der Waals surface area contributed by atoms with Gasteiger partial charge in [-0.25, -0.2) is 0 Å². The van der Waals surface area contributed by atoms with Crippen LogP contribution in [0.3, 0.4) is 0 Å². The van der Waals surface area contributed by atoms with E-state index < -0.39 is 30.5 Å². The van der Waals surface area contributed by atoms with E-state index in [1.54, 1.807) is 17.0 Å². The van der Waals surface area contributed by atoms with E-state index >= 15 is 0 Å². The number of hydrogen-bond donors (Lipinski definition) is 2. The van der Waals surface area contributed by atoms with Crippen LogP contribution in [0.2, 0.25) is 0 Å². The van der Waals surface area contributed by atoms with Crippen LogP contribution < -0.4 is 20.3 Å². The van der Waals surface area contributed by atoms with Crippen LogP contribution in [0.25, 0.3) is 0 Å². The molecule has 1 saturated heterocycles. The summed E-state index contributed by atoms with van der Waals surface area (Å²) in [5, 5.41) is 5.58. The van der Waals surface area contributed by atoms with E-state index in [2.05, 4.69) is 30.3 Å². The quantitative estimate of drug-likeness (QED) is 0.343. The Balaban J connectivity index is 1.45. The third-order valence-corrected chi connectivity index (χ3v) is 6.17. The Morgan fingerprint density at radius 2 is 1.63 bits per heavy atom. The number of nitrogens with zero attached hydrogens (tertiary/aromatic N) is 5. The monoisotopic (exact) mass is 583 g/mol. The predicted molar refractivity (Wildman–Crippen MR) is 139 cm³/mol. The highest BCUT2D eigenvalue weighted by Crippen LogP contribution is 2.31. The maximum absolute atomic E-state index is 13.1. The first kappa shape index (κ1) is 29.7. The van der Waals surface area contributed by atoms with E-state index in [9.17, 15) is 31.1 Å². The Morgan fingerprint density at radius 1 is 0.976 bits per heavy atom. The number of carbonyl (C=O) groups is 1. The summed E-state index contributed by atoms with van der Waals surface area (Å²) in [7, 11) is 3.80. The van der Waals surface area contributed by atoms with Gasteiger partial charge in [0.2, 0.25) is 11.9 Å². The number of carbonyl (C=O) groups excluding carboxylic acids is 1. The molecule has 1 fully saturated rings. The molecule has 0 spiro atoms. The van der Waals surface area contributed by atoms with Crippen LogP contribution in [0.4, 0.5) is 49.6 Å². The van der Waals surface area contributed by atoms with Crippen molar-refractivity contribution in [3.8, 4) is 6.01 Å². The molecule has 1 aliphatic rings. The third-order valence-electron chi connectivity index (χ3n) is 6.17. The van der Waals surface area contributed by atoms with Gasteiger partial charge in [0.1, 0.15) is 0 Å². The molecule has 0 radical (unpaired) electrons. The summed E-state index contributed by atoms with van der Waals surface area (Å²) in [6, 6.07) is 10.5. The number of alkyl halides is 6. The van der Waals surface area contributed by atoms with Crippen molar-refractivity contribution in [3.63, 3.8) is 0 Å². The Hall–Kier alpha value is -4.30. The van der Waals surface area contributed by atoms with Crippen molar-refractivity contribution in [2.45, 2.75) is 31.2 Å². The number of likely N-dealkylation sites (tertiary alicyclic amines) is 1. The van der Waals surface area contributed by atoms with E-state index in [0.29, 0.717) is 31.5 Å². The number of hydrogen-bond acceptors (Lipinski definition) is 8. The van der Waals surface area contributed by atoms with Crippen molar-refractivity contribution in [2.75, 3.05) is 49.3 Å². The van der Waals surface area contributed by atoms with Crippen LogP contribution in [0.15, 0.2) is 48.5 Å². The molecule has 0 saturated carbocycles. The Bertz CT molecular complexity index is 1340. The number of halogens is 6. The van der Waals surface area contributed by atoms with Gasteiger partial charge in [0, 0.05) is 50.2 Å². The summed E-state index contributed by atoms with van der Waals surface area (Å²) in [5.41, 5.74) is 0.543. The fraction of sp³-hybridized carbons (Fsp3) is 0.385. The van der Waals surface area contributed by atoms with Gasteiger partial charge in [0.05, 0.1) is 5.56 Å². The largest absolute Gasteiger partial charge is 0.454 e. The number of anilines is 4. The summed E-state index contributed by atoms with van der Waals surface area (Å²) in [5.74, 6) is -0.562. The van der Waals surface area contributed by atoms with Crippen molar-refractivity contribution < 1.29 is 35.9 Å². The second-order valence-corrected chi connectivity index (χ2v) is 9.52. The summed E-state index contributed by atoms with van der Waals surface area (Å²) in [4.78, 5) is 28.3. The molecule has 0 bridgehead atoms. The van der Waals surface area contributed by atoms with Crippen LogP contribution in [0.1, 0.15) is 28.8 Å². The average molecular weight is 584 g/mol. The van der Waals surface area contributed by atoms with Gasteiger partial charge in [-0.3, -0.25) is 4.79 Å². The van der Waals surface area contributed by atoms with Crippen molar-refractivity contribution >= 4 is 29.2 Å². The molecular formula is C26H27F6N7O2. The number of nitrogens with one attached hydrogen (secondary N) is 2. The SMILES string of the molecule is CN(C)c1ccc(C(=O)N2CCC(Nc3nc(Nc4cccc(C(F)(F)F)c4)nc(OCC(F)(F)F)n3)CC2)cc1. The molecule has 2 aromatic carbocycles. The summed E-state index contributed by atoms with van der Waals surface area (Å²) < 4.78 is 82.1. The standard InChI is InChI=1S/C26H27F6N7O2/c1-38(2)20-8-6-16(7-9-20)21(40)39-12-10-18(11-13-39)33-22-35-23(37-24(36-22)41-15-25(27,28)29)34-19-5-3-4-17(14-19)26(30,31)32/h3-9,14,18H,10-13,15H2,1-2H3,(H2,33,34,35,36,37). The Labute approximate surface area is 231 Å². The van der Waals surface area contributed by atoms with Crippen LogP contribution in [-0.4, -0.2) is 71.8 Å². The highest BCUT2D eigenvalue weighted by molar-refractivity contribution is 5.94. The van der Waals surface area contributed by atoms with Gasteiger partial charge in [-0.1, -0.05) is 6.07 Å². The molecule has 2 heterocycles. The number of benzene rings is 2. The molecule has 1 amide bonds. The van der Waals surface area contributed by atoms with Crippen molar-refractivity contribution in [1.29, 1.82) is 0 Å². The molecule has 1 aliphatic heterocycles. The van der Waals surface area contributed by atoms with Gasteiger partial charge in [0.15, 0.2) is 6.61 Å². The van der Waals surface area contributed by atoms with Gasteiger partial charge >= 0.3 is 18.4 Å². The molecule has 41 heavy (non-hydrogen) atoms. The van der Waals surface area contributed by atoms with Gasteiger partial charge in [-0.15, -0.1) is 0 Å². The zero-order valence-electron chi connectivity index (χ0n) is 22.1. The van der Waals surface area contributed by atoms with Crippen LogP contribution >= 0.6 is 0 Å². The molecule has 0 unspecified atom stereocenters. The molecule has 15 heteroatoms. The molecule has 4 rings (SSSR count). The number of ether oxygens (including phenoxy) is 1. The second-order valence-electron chi connectivity index (χ2n) is 9.52. The number of rotatable bonds is 8. The van der Waals surface area contributed by atoms with Crippen molar-refractivity contribution in [1.82, 2.24) is 19.9 Å². The van der Waals surface area contributed by atoms with Crippen LogP contribution in [0.5, 0.6) is 6.01 Å². The minimum atomic E-state index is -4.67. The van der Waals surface area contributed by atoms with Gasteiger partial charge < -0.3 is 25.2 Å². The lowest BCUT2D eigenvalue weighted by molar-refractivity contribution is -0.154. The lowest BCUT2D eigenvalue weighted by atomic mass is 10.0. The lowest BCUT2D eigenvalue weighted by Gasteiger charge is -2.32. The zero-order valence-corrected chi connectivity index (χ0v) is 22.1. The second kappa shape index (κ2) is 12.1. The zero-order chi connectivity index (χ0) is 29.8. The molecule has 0 atom stereocenters. The van der Waals surface area contributed by atoms with Gasteiger partial charge in [-0.05, 0) is 55.3 Å². The highest BCUT2D eigenvalue weighted by Gasteiger charge is 2.31. The fourth-order valence-electron chi connectivity index (χ4n) is 4.08. The molecule has 2 N–H and O–H groups in total.